The van der Waals surface area contributed by atoms with Gasteiger partial charge in [0.05, 0.1) is 0 Å². The lowest BCUT2D eigenvalue weighted by molar-refractivity contribution is 0.558. The van der Waals surface area contributed by atoms with Crippen LogP contribution in [0, 0.1) is 0 Å². The zero-order chi connectivity index (χ0) is 9.52. The summed E-state index contributed by atoms with van der Waals surface area (Å²) in [6.07, 6.45) is 4.15. The third-order valence-electron chi connectivity index (χ3n) is 1.96. The fourth-order valence-electron chi connectivity index (χ4n) is 1.23. The van der Waals surface area contributed by atoms with Gasteiger partial charge < -0.3 is 5.32 Å². The molecule has 0 spiro atoms. The molecule has 0 saturated heterocycles. The van der Waals surface area contributed by atoms with Gasteiger partial charge in [-0.2, -0.15) is 0 Å². The smallest absolute Gasteiger partial charge is 0.00732 e. The van der Waals surface area contributed by atoms with E-state index in [1.165, 1.54) is 4.88 Å². The van der Waals surface area contributed by atoms with Crippen LogP contribution in [-0.2, 0) is 6.42 Å². The van der Waals surface area contributed by atoms with Gasteiger partial charge in [0.15, 0.2) is 0 Å². The summed E-state index contributed by atoms with van der Waals surface area (Å²) < 4.78 is 0. The third-order valence-corrected chi connectivity index (χ3v) is 2.90. The Morgan fingerprint density at radius 3 is 3.15 bits per heavy atom. The summed E-state index contributed by atoms with van der Waals surface area (Å²) in [6, 6.07) is 4.84. The van der Waals surface area contributed by atoms with Crippen molar-refractivity contribution in [1.29, 1.82) is 0 Å². The first-order valence-electron chi connectivity index (χ1n) is 4.69. The van der Waals surface area contributed by atoms with Crippen LogP contribution in [-0.4, -0.2) is 12.6 Å². The zero-order valence-corrected chi connectivity index (χ0v) is 8.94. The topological polar surface area (TPSA) is 12.0 Å². The molecule has 2 heteroatoms. The molecule has 0 aliphatic carbocycles. The lowest BCUT2D eigenvalue weighted by Crippen LogP contribution is -2.27. The van der Waals surface area contributed by atoms with Crippen LogP contribution in [0.1, 0.15) is 18.2 Å². The maximum Gasteiger partial charge on any atom is 0.00732 e. The summed E-state index contributed by atoms with van der Waals surface area (Å²) in [5.74, 6) is 0. The van der Waals surface area contributed by atoms with Crippen LogP contribution >= 0.6 is 11.3 Å². The first-order valence-corrected chi connectivity index (χ1v) is 5.57. The standard InChI is InChI=1S/C11H17NS/c1-3-5-10(2)12-8-7-11-6-4-9-13-11/h3-4,6,9-10,12H,1,5,7-8H2,2H3. The molecule has 1 rings (SSSR count). The van der Waals surface area contributed by atoms with Crippen molar-refractivity contribution in [2.45, 2.75) is 25.8 Å². The number of hydrogen-bond donors (Lipinski definition) is 1. The van der Waals surface area contributed by atoms with E-state index in [1.54, 1.807) is 0 Å². The minimum Gasteiger partial charge on any atom is -0.314 e. The highest BCUT2D eigenvalue weighted by atomic mass is 32.1. The van der Waals surface area contributed by atoms with E-state index in [9.17, 15) is 0 Å². The number of rotatable bonds is 6. The molecule has 72 valence electrons. The molecule has 1 N–H and O–H groups in total. The van der Waals surface area contributed by atoms with Gasteiger partial charge in [-0.25, -0.2) is 0 Å². The van der Waals surface area contributed by atoms with Gasteiger partial charge in [0.1, 0.15) is 0 Å². The van der Waals surface area contributed by atoms with E-state index in [0.717, 1.165) is 19.4 Å². The molecule has 1 unspecified atom stereocenters. The lowest BCUT2D eigenvalue weighted by Gasteiger charge is -2.10. The van der Waals surface area contributed by atoms with Gasteiger partial charge in [0, 0.05) is 17.5 Å². The maximum absolute atomic E-state index is 3.72. The molecule has 13 heavy (non-hydrogen) atoms. The van der Waals surface area contributed by atoms with Gasteiger partial charge in [0.25, 0.3) is 0 Å². The van der Waals surface area contributed by atoms with E-state index in [0.29, 0.717) is 6.04 Å². The molecule has 0 aliphatic heterocycles. The molecule has 0 bridgehead atoms. The number of thiophene rings is 1. The van der Waals surface area contributed by atoms with Crippen molar-refractivity contribution in [2.24, 2.45) is 0 Å². The molecule has 0 radical (unpaired) electrons. The van der Waals surface area contributed by atoms with Crippen LogP contribution in [0.25, 0.3) is 0 Å². The Kier molecular flexibility index (Phi) is 4.79. The van der Waals surface area contributed by atoms with Crippen LogP contribution in [0.5, 0.6) is 0 Å². The minimum atomic E-state index is 0.553. The molecular weight excluding hydrogens is 178 g/mol. The molecule has 0 amide bonds. The van der Waals surface area contributed by atoms with Gasteiger partial charge in [-0.1, -0.05) is 12.1 Å². The summed E-state index contributed by atoms with van der Waals surface area (Å²) in [7, 11) is 0. The van der Waals surface area contributed by atoms with Crippen LogP contribution in [0.4, 0.5) is 0 Å². The van der Waals surface area contributed by atoms with E-state index in [2.05, 4.69) is 36.3 Å². The summed E-state index contributed by atoms with van der Waals surface area (Å²) in [4.78, 5) is 1.46. The van der Waals surface area contributed by atoms with E-state index in [4.69, 9.17) is 0 Å². The highest BCUT2D eigenvalue weighted by Gasteiger charge is 1.98. The molecule has 0 fully saturated rings. The maximum atomic E-state index is 3.72. The third kappa shape index (κ3) is 4.25. The van der Waals surface area contributed by atoms with Gasteiger partial charge in [-0.3, -0.25) is 0 Å². The zero-order valence-electron chi connectivity index (χ0n) is 8.12. The van der Waals surface area contributed by atoms with E-state index >= 15 is 0 Å². The van der Waals surface area contributed by atoms with Crippen molar-refractivity contribution >= 4 is 11.3 Å². The number of nitrogens with one attached hydrogen (secondary N) is 1. The summed E-state index contributed by atoms with van der Waals surface area (Å²) in [5, 5.41) is 5.58. The number of hydrogen-bond acceptors (Lipinski definition) is 2. The van der Waals surface area contributed by atoms with Gasteiger partial charge in [-0.05, 0) is 31.2 Å². The fourth-order valence-corrected chi connectivity index (χ4v) is 1.94. The second-order valence-electron chi connectivity index (χ2n) is 3.21. The van der Waals surface area contributed by atoms with E-state index in [-0.39, 0.29) is 0 Å². The quantitative estimate of drug-likeness (QED) is 0.688. The normalized spacial score (nSPS) is 12.7. The molecule has 1 aromatic rings. The molecule has 0 saturated carbocycles. The Labute approximate surface area is 84.5 Å². The van der Waals surface area contributed by atoms with Crippen LogP contribution in [0.15, 0.2) is 30.2 Å². The predicted octanol–water partition coefficient (Wildman–Crippen LogP) is 2.84. The SMILES string of the molecule is C=CCC(C)NCCc1cccs1. The van der Waals surface area contributed by atoms with Crippen LogP contribution in [0.3, 0.4) is 0 Å². The monoisotopic (exact) mass is 195 g/mol. The van der Waals surface area contributed by atoms with Crippen molar-refractivity contribution in [2.75, 3.05) is 6.54 Å². The van der Waals surface area contributed by atoms with Crippen molar-refractivity contribution in [3.63, 3.8) is 0 Å². The molecule has 0 aromatic carbocycles. The second-order valence-corrected chi connectivity index (χ2v) is 4.24. The average molecular weight is 195 g/mol. The summed E-state index contributed by atoms with van der Waals surface area (Å²) in [6.45, 7) is 6.98. The molecule has 1 atom stereocenters. The van der Waals surface area contributed by atoms with E-state index < -0.39 is 0 Å². The Hall–Kier alpha value is -0.600. The second kappa shape index (κ2) is 5.95. The van der Waals surface area contributed by atoms with Crippen molar-refractivity contribution in [1.82, 2.24) is 5.32 Å². The largest absolute Gasteiger partial charge is 0.314 e. The Bertz CT molecular complexity index is 228. The Balaban J connectivity index is 2.10. The summed E-state index contributed by atoms with van der Waals surface area (Å²) in [5.41, 5.74) is 0. The van der Waals surface area contributed by atoms with Gasteiger partial charge in [0.2, 0.25) is 0 Å². The predicted molar refractivity (Wildman–Crippen MR) is 60.3 cm³/mol. The highest BCUT2D eigenvalue weighted by molar-refractivity contribution is 7.09. The molecule has 1 aromatic heterocycles. The average Bonchev–Trinajstić information content (AvgIpc) is 2.57. The molecule has 1 heterocycles. The van der Waals surface area contributed by atoms with E-state index in [1.807, 2.05) is 17.4 Å². The first-order chi connectivity index (χ1) is 6.33. The van der Waals surface area contributed by atoms with Gasteiger partial charge in [-0.15, -0.1) is 17.9 Å². The molecule has 0 aliphatic rings. The van der Waals surface area contributed by atoms with Crippen molar-refractivity contribution in [3.8, 4) is 0 Å². The summed E-state index contributed by atoms with van der Waals surface area (Å²) >= 11 is 1.83. The minimum absolute atomic E-state index is 0.553. The van der Waals surface area contributed by atoms with Crippen molar-refractivity contribution in [3.05, 3.63) is 35.0 Å². The first kappa shape index (κ1) is 10.5. The molecular formula is C11H17NS. The fraction of sp³-hybridized carbons (Fsp3) is 0.455. The highest BCUT2D eigenvalue weighted by Crippen LogP contribution is 2.08. The van der Waals surface area contributed by atoms with Crippen molar-refractivity contribution < 1.29 is 0 Å². The van der Waals surface area contributed by atoms with Crippen LogP contribution in [0.2, 0.25) is 0 Å². The Morgan fingerprint density at radius 1 is 1.69 bits per heavy atom. The Morgan fingerprint density at radius 2 is 2.54 bits per heavy atom. The van der Waals surface area contributed by atoms with Crippen LogP contribution < -0.4 is 5.32 Å². The molecule has 1 nitrogen and oxygen atoms in total. The lowest BCUT2D eigenvalue weighted by atomic mass is 10.2. The van der Waals surface area contributed by atoms with Gasteiger partial charge >= 0.3 is 0 Å².